The summed E-state index contributed by atoms with van der Waals surface area (Å²) in [6, 6.07) is 0.692. The Morgan fingerprint density at radius 1 is 1.38 bits per heavy atom. The summed E-state index contributed by atoms with van der Waals surface area (Å²) in [5, 5.41) is 0. The van der Waals surface area contributed by atoms with E-state index in [2.05, 4.69) is 25.8 Å². The van der Waals surface area contributed by atoms with Crippen molar-refractivity contribution < 1.29 is 4.74 Å². The number of methoxy groups -OCH3 is 1. The third kappa shape index (κ3) is 3.72. The molecule has 0 aromatic rings. The van der Waals surface area contributed by atoms with Crippen molar-refractivity contribution in [2.75, 3.05) is 27.2 Å². The van der Waals surface area contributed by atoms with E-state index >= 15 is 0 Å². The summed E-state index contributed by atoms with van der Waals surface area (Å²) >= 11 is 0. The fraction of sp³-hybridized carbons (Fsp3) is 1.00. The normalized spacial score (nSPS) is 26.6. The van der Waals surface area contributed by atoms with Crippen LogP contribution < -0.4 is 5.73 Å². The van der Waals surface area contributed by atoms with E-state index in [0.29, 0.717) is 12.0 Å². The van der Waals surface area contributed by atoms with Gasteiger partial charge in [0.1, 0.15) is 0 Å². The van der Waals surface area contributed by atoms with Crippen LogP contribution in [-0.4, -0.2) is 43.8 Å². The zero-order chi connectivity index (χ0) is 12.2. The summed E-state index contributed by atoms with van der Waals surface area (Å²) < 4.78 is 5.45. The molecule has 1 saturated carbocycles. The summed E-state index contributed by atoms with van der Waals surface area (Å²) in [6.45, 7) is 6.23. The van der Waals surface area contributed by atoms with Gasteiger partial charge in [0.05, 0.1) is 5.60 Å². The molecule has 16 heavy (non-hydrogen) atoms. The highest BCUT2D eigenvalue weighted by atomic mass is 16.5. The number of nitrogens with two attached hydrogens (primary N) is 1. The molecule has 0 amide bonds. The quantitative estimate of drug-likeness (QED) is 0.754. The molecule has 1 rings (SSSR count). The topological polar surface area (TPSA) is 38.5 Å². The SMILES string of the molecule is COC(C)(C)CCN(C)C1CCCC1CN. The first-order chi connectivity index (χ1) is 7.50. The molecular weight excluding hydrogens is 200 g/mol. The predicted molar refractivity (Wildman–Crippen MR) is 68.5 cm³/mol. The maximum Gasteiger partial charge on any atom is 0.0634 e. The summed E-state index contributed by atoms with van der Waals surface area (Å²) in [5.41, 5.74) is 5.81. The molecule has 0 heterocycles. The molecule has 2 N–H and O–H groups in total. The van der Waals surface area contributed by atoms with Gasteiger partial charge < -0.3 is 15.4 Å². The number of nitrogens with zero attached hydrogens (tertiary/aromatic N) is 1. The van der Waals surface area contributed by atoms with Crippen molar-refractivity contribution in [3.05, 3.63) is 0 Å². The zero-order valence-corrected chi connectivity index (χ0v) is 11.3. The van der Waals surface area contributed by atoms with Gasteiger partial charge in [-0.05, 0) is 52.6 Å². The van der Waals surface area contributed by atoms with Gasteiger partial charge in [-0.15, -0.1) is 0 Å². The second kappa shape index (κ2) is 5.99. The van der Waals surface area contributed by atoms with Gasteiger partial charge in [0.25, 0.3) is 0 Å². The van der Waals surface area contributed by atoms with Crippen molar-refractivity contribution in [2.24, 2.45) is 11.7 Å². The third-order valence-electron chi connectivity index (χ3n) is 4.11. The summed E-state index contributed by atoms with van der Waals surface area (Å²) in [6.07, 6.45) is 5.03. The van der Waals surface area contributed by atoms with Crippen LogP contribution in [0.15, 0.2) is 0 Å². The molecule has 0 saturated heterocycles. The standard InChI is InChI=1S/C13H28N2O/c1-13(2,16-4)8-9-15(3)12-7-5-6-11(12)10-14/h11-12H,5-10,14H2,1-4H3. The molecule has 1 aliphatic carbocycles. The van der Waals surface area contributed by atoms with E-state index in [1.165, 1.54) is 19.3 Å². The highest BCUT2D eigenvalue weighted by Crippen LogP contribution is 2.29. The number of ether oxygens (including phenoxy) is 1. The van der Waals surface area contributed by atoms with Crippen LogP contribution in [0, 0.1) is 5.92 Å². The molecular formula is C13H28N2O. The Balaban J connectivity index is 2.37. The van der Waals surface area contributed by atoms with Crippen molar-refractivity contribution in [3.63, 3.8) is 0 Å². The monoisotopic (exact) mass is 228 g/mol. The Kier molecular flexibility index (Phi) is 5.22. The Hall–Kier alpha value is -0.120. The second-order valence-corrected chi connectivity index (χ2v) is 5.69. The van der Waals surface area contributed by atoms with Gasteiger partial charge >= 0.3 is 0 Å². The highest BCUT2D eigenvalue weighted by Gasteiger charge is 2.29. The van der Waals surface area contributed by atoms with Gasteiger partial charge in [-0.3, -0.25) is 0 Å². The molecule has 2 atom stereocenters. The van der Waals surface area contributed by atoms with Crippen LogP contribution in [-0.2, 0) is 4.74 Å². The first-order valence-electron chi connectivity index (χ1n) is 6.45. The largest absolute Gasteiger partial charge is 0.379 e. The summed E-state index contributed by atoms with van der Waals surface area (Å²) in [7, 11) is 4.02. The minimum Gasteiger partial charge on any atom is -0.379 e. The lowest BCUT2D eigenvalue weighted by Gasteiger charge is -2.32. The summed E-state index contributed by atoms with van der Waals surface area (Å²) in [4.78, 5) is 2.48. The van der Waals surface area contributed by atoms with Crippen molar-refractivity contribution in [2.45, 2.75) is 51.2 Å². The first kappa shape index (κ1) is 13.9. The van der Waals surface area contributed by atoms with E-state index in [4.69, 9.17) is 10.5 Å². The molecule has 2 unspecified atom stereocenters. The van der Waals surface area contributed by atoms with E-state index in [9.17, 15) is 0 Å². The Labute approximate surface area is 100 Å². The molecule has 0 aromatic carbocycles. The molecule has 96 valence electrons. The van der Waals surface area contributed by atoms with Crippen LogP contribution >= 0.6 is 0 Å². The maximum atomic E-state index is 5.82. The number of rotatable bonds is 6. The van der Waals surface area contributed by atoms with Gasteiger partial charge in [0, 0.05) is 19.7 Å². The molecule has 1 aliphatic rings. The van der Waals surface area contributed by atoms with Crippen LogP contribution in [0.4, 0.5) is 0 Å². The average molecular weight is 228 g/mol. The van der Waals surface area contributed by atoms with Gasteiger partial charge in [0.2, 0.25) is 0 Å². The lowest BCUT2D eigenvalue weighted by molar-refractivity contribution is 0.00514. The van der Waals surface area contributed by atoms with E-state index in [0.717, 1.165) is 19.5 Å². The lowest BCUT2D eigenvalue weighted by atomic mass is 10.0. The predicted octanol–water partition coefficient (Wildman–Crippen LogP) is 1.86. The molecule has 0 aliphatic heterocycles. The van der Waals surface area contributed by atoms with Crippen LogP contribution in [0.25, 0.3) is 0 Å². The van der Waals surface area contributed by atoms with Gasteiger partial charge in [-0.1, -0.05) is 6.42 Å². The molecule has 1 fully saturated rings. The smallest absolute Gasteiger partial charge is 0.0634 e. The van der Waals surface area contributed by atoms with E-state index in [1.807, 2.05) is 0 Å². The minimum atomic E-state index is -0.00885. The Morgan fingerprint density at radius 2 is 2.06 bits per heavy atom. The van der Waals surface area contributed by atoms with Crippen molar-refractivity contribution in [3.8, 4) is 0 Å². The van der Waals surface area contributed by atoms with Crippen molar-refractivity contribution in [1.29, 1.82) is 0 Å². The third-order valence-corrected chi connectivity index (χ3v) is 4.11. The molecule has 3 heteroatoms. The number of hydrogen-bond donors (Lipinski definition) is 1. The highest BCUT2D eigenvalue weighted by molar-refractivity contribution is 4.85. The van der Waals surface area contributed by atoms with E-state index in [-0.39, 0.29) is 5.60 Å². The van der Waals surface area contributed by atoms with Crippen LogP contribution in [0.3, 0.4) is 0 Å². The zero-order valence-electron chi connectivity index (χ0n) is 11.3. The average Bonchev–Trinajstić information content (AvgIpc) is 2.74. The van der Waals surface area contributed by atoms with Crippen LogP contribution in [0.5, 0.6) is 0 Å². The van der Waals surface area contributed by atoms with Crippen LogP contribution in [0.1, 0.15) is 39.5 Å². The fourth-order valence-corrected chi connectivity index (χ4v) is 2.59. The summed E-state index contributed by atoms with van der Waals surface area (Å²) in [5.74, 6) is 0.704. The van der Waals surface area contributed by atoms with Gasteiger partial charge in [-0.2, -0.15) is 0 Å². The van der Waals surface area contributed by atoms with E-state index < -0.39 is 0 Å². The van der Waals surface area contributed by atoms with Gasteiger partial charge in [0.15, 0.2) is 0 Å². The van der Waals surface area contributed by atoms with Crippen molar-refractivity contribution >= 4 is 0 Å². The fourth-order valence-electron chi connectivity index (χ4n) is 2.59. The molecule has 0 bridgehead atoms. The first-order valence-corrected chi connectivity index (χ1v) is 6.45. The Morgan fingerprint density at radius 3 is 2.62 bits per heavy atom. The van der Waals surface area contributed by atoms with Crippen molar-refractivity contribution in [1.82, 2.24) is 4.90 Å². The Bertz CT molecular complexity index is 206. The van der Waals surface area contributed by atoms with Gasteiger partial charge in [-0.25, -0.2) is 0 Å². The molecule has 0 spiro atoms. The molecule has 3 nitrogen and oxygen atoms in total. The second-order valence-electron chi connectivity index (χ2n) is 5.69. The maximum absolute atomic E-state index is 5.82. The molecule has 0 radical (unpaired) electrons. The minimum absolute atomic E-state index is 0.00885. The number of hydrogen-bond acceptors (Lipinski definition) is 3. The lowest BCUT2D eigenvalue weighted by Crippen LogP contribution is -2.40. The van der Waals surface area contributed by atoms with E-state index in [1.54, 1.807) is 7.11 Å². The molecule has 0 aromatic heterocycles. The van der Waals surface area contributed by atoms with Crippen LogP contribution in [0.2, 0.25) is 0 Å².